The fourth-order valence-corrected chi connectivity index (χ4v) is 2.37. The fourth-order valence-electron chi connectivity index (χ4n) is 2.12. The molecule has 1 heterocycles. The van der Waals surface area contributed by atoms with Gasteiger partial charge in [-0.1, -0.05) is 29.8 Å². The molecule has 1 aliphatic rings. The van der Waals surface area contributed by atoms with Crippen molar-refractivity contribution in [3.63, 3.8) is 0 Å². The Morgan fingerprint density at radius 3 is 2.87 bits per heavy atom. The van der Waals surface area contributed by atoms with E-state index >= 15 is 0 Å². The fraction of sp³-hybridized carbons (Fsp3) is 0.417. The number of hydrogen-bond donors (Lipinski definition) is 1. The highest BCUT2D eigenvalue weighted by atomic mass is 35.5. The Hall–Kier alpha value is -1.04. The zero-order valence-electron chi connectivity index (χ0n) is 8.41. The van der Waals surface area contributed by atoms with Crippen LogP contribution >= 0.6 is 11.6 Å². The van der Waals surface area contributed by atoms with Crippen molar-refractivity contribution in [2.24, 2.45) is 5.92 Å². The average Bonchev–Trinajstić information content (AvgIpc) is 2.75. The predicted molar refractivity (Wildman–Crippen MR) is 60.8 cm³/mol. The second kappa shape index (κ2) is 4.65. The molecule has 78 valence electrons. The summed E-state index contributed by atoms with van der Waals surface area (Å²) in [7, 11) is 0. The van der Waals surface area contributed by atoms with Crippen molar-refractivity contribution in [2.45, 2.75) is 12.3 Å². The van der Waals surface area contributed by atoms with E-state index in [1.807, 2.05) is 24.3 Å². The highest BCUT2D eigenvalue weighted by molar-refractivity contribution is 6.31. The van der Waals surface area contributed by atoms with Crippen LogP contribution in [0.4, 0.5) is 0 Å². The molecule has 0 radical (unpaired) electrons. The van der Waals surface area contributed by atoms with Crippen LogP contribution in [0.5, 0.6) is 0 Å². The van der Waals surface area contributed by atoms with Crippen molar-refractivity contribution in [1.29, 1.82) is 5.26 Å². The van der Waals surface area contributed by atoms with Gasteiger partial charge in [-0.15, -0.1) is 0 Å². The van der Waals surface area contributed by atoms with Crippen LogP contribution in [0.15, 0.2) is 24.3 Å². The summed E-state index contributed by atoms with van der Waals surface area (Å²) in [5.74, 6) is 0.323. The molecule has 1 fully saturated rings. The number of nitriles is 1. The van der Waals surface area contributed by atoms with E-state index in [0.29, 0.717) is 10.9 Å². The van der Waals surface area contributed by atoms with Gasteiger partial charge in [0.2, 0.25) is 0 Å². The minimum absolute atomic E-state index is 0.0753. The van der Waals surface area contributed by atoms with Gasteiger partial charge in [0.05, 0.1) is 12.0 Å². The van der Waals surface area contributed by atoms with Crippen LogP contribution in [0.1, 0.15) is 17.9 Å². The second-order valence-corrected chi connectivity index (χ2v) is 4.29. The van der Waals surface area contributed by atoms with E-state index in [1.165, 1.54) is 0 Å². The quantitative estimate of drug-likeness (QED) is 0.832. The van der Waals surface area contributed by atoms with Gasteiger partial charge in [0.1, 0.15) is 0 Å². The van der Waals surface area contributed by atoms with Crippen LogP contribution in [0.25, 0.3) is 0 Å². The molecule has 3 heteroatoms. The lowest BCUT2D eigenvalue weighted by molar-refractivity contribution is 0.531. The van der Waals surface area contributed by atoms with Gasteiger partial charge in [0.25, 0.3) is 0 Å². The van der Waals surface area contributed by atoms with E-state index in [4.69, 9.17) is 11.6 Å². The Labute approximate surface area is 94.9 Å². The molecular weight excluding hydrogens is 208 g/mol. The Morgan fingerprint density at radius 2 is 2.27 bits per heavy atom. The first-order valence-electron chi connectivity index (χ1n) is 5.17. The normalized spacial score (nSPS) is 22.3. The van der Waals surface area contributed by atoms with Crippen LogP contribution in [0, 0.1) is 17.2 Å². The number of nitrogens with zero attached hydrogens (tertiary/aromatic N) is 1. The molecule has 0 saturated carbocycles. The minimum atomic E-state index is -0.0753. The lowest BCUT2D eigenvalue weighted by Crippen LogP contribution is -2.15. The molecule has 1 saturated heterocycles. The maximum Gasteiger partial charge on any atom is 0.0767 e. The summed E-state index contributed by atoms with van der Waals surface area (Å²) in [5.41, 5.74) is 0.968. The van der Waals surface area contributed by atoms with Crippen molar-refractivity contribution in [1.82, 2.24) is 5.32 Å². The van der Waals surface area contributed by atoms with Gasteiger partial charge in [-0.05, 0) is 37.1 Å². The van der Waals surface area contributed by atoms with Gasteiger partial charge in [0, 0.05) is 5.02 Å². The van der Waals surface area contributed by atoms with E-state index in [0.717, 1.165) is 25.1 Å². The van der Waals surface area contributed by atoms with E-state index in [-0.39, 0.29) is 5.92 Å². The van der Waals surface area contributed by atoms with Crippen LogP contribution < -0.4 is 5.32 Å². The third-order valence-electron chi connectivity index (χ3n) is 2.95. The number of nitrogens with one attached hydrogen (secondary N) is 1. The molecule has 2 atom stereocenters. The molecule has 0 amide bonds. The summed E-state index contributed by atoms with van der Waals surface area (Å²) in [5, 5.41) is 13.2. The monoisotopic (exact) mass is 220 g/mol. The summed E-state index contributed by atoms with van der Waals surface area (Å²) in [4.78, 5) is 0. The summed E-state index contributed by atoms with van der Waals surface area (Å²) in [6, 6.07) is 10.0. The average molecular weight is 221 g/mol. The van der Waals surface area contributed by atoms with Crippen molar-refractivity contribution in [3.8, 4) is 6.07 Å². The van der Waals surface area contributed by atoms with Gasteiger partial charge < -0.3 is 5.32 Å². The molecule has 1 aliphatic heterocycles. The lowest BCUT2D eigenvalue weighted by atomic mass is 9.86. The van der Waals surface area contributed by atoms with Gasteiger partial charge in [0.15, 0.2) is 0 Å². The van der Waals surface area contributed by atoms with Gasteiger partial charge in [-0.3, -0.25) is 0 Å². The molecule has 1 N–H and O–H groups in total. The number of rotatable bonds is 2. The van der Waals surface area contributed by atoms with Crippen LogP contribution in [0.3, 0.4) is 0 Å². The lowest BCUT2D eigenvalue weighted by Gasteiger charge is -2.16. The summed E-state index contributed by atoms with van der Waals surface area (Å²) < 4.78 is 0. The van der Waals surface area contributed by atoms with Gasteiger partial charge in [-0.2, -0.15) is 5.26 Å². The Balaban J connectivity index is 2.27. The molecule has 0 aromatic heterocycles. The topological polar surface area (TPSA) is 35.8 Å². The van der Waals surface area contributed by atoms with E-state index < -0.39 is 0 Å². The maximum absolute atomic E-state index is 9.23. The smallest absolute Gasteiger partial charge is 0.0767 e. The molecule has 2 unspecified atom stereocenters. The van der Waals surface area contributed by atoms with Crippen molar-refractivity contribution in [3.05, 3.63) is 34.9 Å². The zero-order chi connectivity index (χ0) is 10.7. The summed E-state index contributed by atoms with van der Waals surface area (Å²) in [6.07, 6.45) is 1.06. The van der Waals surface area contributed by atoms with Crippen molar-refractivity contribution in [2.75, 3.05) is 13.1 Å². The predicted octanol–water partition coefficient (Wildman–Crippen LogP) is 2.56. The Morgan fingerprint density at radius 1 is 1.47 bits per heavy atom. The molecule has 0 spiro atoms. The zero-order valence-corrected chi connectivity index (χ0v) is 9.17. The molecule has 0 aliphatic carbocycles. The minimum Gasteiger partial charge on any atom is -0.316 e. The van der Waals surface area contributed by atoms with Crippen LogP contribution in [-0.4, -0.2) is 13.1 Å². The van der Waals surface area contributed by atoms with E-state index in [9.17, 15) is 5.26 Å². The van der Waals surface area contributed by atoms with Crippen LogP contribution in [-0.2, 0) is 0 Å². The standard InChI is InChI=1S/C12H13ClN2/c13-12-4-2-1-3-10(12)11(7-14)9-5-6-15-8-9/h1-4,9,11,15H,5-6,8H2. The number of hydrogen-bond acceptors (Lipinski definition) is 2. The summed E-state index contributed by atoms with van der Waals surface area (Å²) in [6.45, 7) is 1.93. The Bertz CT molecular complexity index is 377. The largest absolute Gasteiger partial charge is 0.316 e. The SMILES string of the molecule is N#CC(c1ccccc1Cl)C1CCNC1. The molecule has 2 rings (SSSR count). The maximum atomic E-state index is 9.23. The number of halogens is 1. The summed E-state index contributed by atoms with van der Waals surface area (Å²) >= 11 is 6.10. The van der Waals surface area contributed by atoms with Gasteiger partial charge in [-0.25, -0.2) is 0 Å². The molecule has 2 nitrogen and oxygen atoms in total. The highest BCUT2D eigenvalue weighted by Gasteiger charge is 2.27. The number of benzene rings is 1. The third kappa shape index (κ3) is 2.14. The first-order chi connectivity index (χ1) is 7.33. The van der Waals surface area contributed by atoms with E-state index in [2.05, 4.69) is 11.4 Å². The molecular formula is C12H13ClN2. The van der Waals surface area contributed by atoms with Crippen molar-refractivity contribution >= 4 is 11.6 Å². The molecule has 1 aromatic rings. The van der Waals surface area contributed by atoms with Crippen LogP contribution in [0.2, 0.25) is 5.02 Å². The highest BCUT2D eigenvalue weighted by Crippen LogP contribution is 2.32. The van der Waals surface area contributed by atoms with E-state index in [1.54, 1.807) is 0 Å². The second-order valence-electron chi connectivity index (χ2n) is 3.88. The first-order valence-corrected chi connectivity index (χ1v) is 5.55. The Kier molecular flexibility index (Phi) is 3.25. The third-order valence-corrected chi connectivity index (χ3v) is 3.29. The van der Waals surface area contributed by atoms with Gasteiger partial charge >= 0.3 is 0 Å². The first kappa shape index (κ1) is 10.5. The van der Waals surface area contributed by atoms with Crippen molar-refractivity contribution < 1.29 is 0 Å². The molecule has 0 bridgehead atoms. The molecule has 15 heavy (non-hydrogen) atoms. The molecule has 1 aromatic carbocycles.